The SMILES string of the molecule is COc1ccc(OC)c(NC(=O)Cc2cccn2-c2ccc(Cl)cc2)c1. The summed E-state index contributed by atoms with van der Waals surface area (Å²) >= 11 is 5.95. The van der Waals surface area contributed by atoms with Gasteiger partial charge in [-0.3, -0.25) is 4.79 Å². The molecule has 2 aromatic carbocycles. The van der Waals surface area contributed by atoms with E-state index in [1.807, 2.05) is 47.2 Å². The Bertz CT molecular complexity index is 904. The van der Waals surface area contributed by atoms with E-state index in [4.69, 9.17) is 21.1 Å². The number of halogens is 1. The highest BCUT2D eigenvalue weighted by Crippen LogP contribution is 2.29. The van der Waals surface area contributed by atoms with Gasteiger partial charge in [0.1, 0.15) is 11.5 Å². The van der Waals surface area contributed by atoms with Crippen LogP contribution in [0.15, 0.2) is 60.8 Å². The molecular formula is C20H19ClN2O3. The lowest BCUT2D eigenvalue weighted by atomic mass is 10.2. The minimum absolute atomic E-state index is 0.148. The topological polar surface area (TPSA) is 52.5 Å². The lowest BCUT2D eigenvalue weighted by Crippen LogP contribution is -2.17. The van der Waals surface area contributed by atoms with E-state index >= 15 is 0 Å². The maximum Gasteiger partial charge on any atom is 0.230 e. The van der Waals surface area contributed by atoms with Crippen LogP contribution in [0.25, 0.3) is 5.69 Å². The zero-order valence-corrected chi connectivity index (χ0v) is 15.3. The van der Waals surface area contributed by atoms with Crippen molar-refractivity contribution < 1.29 is 14.3 Å². The van der Waals surface area contributed by atoms with E-state index in [1.54, 1.807) is 32.4 Å². The first-order valence-corrected chi connectivity index (χ1v) is 8.42. The van der Waals surface area contributed by atoms with Crippen molar-refractivity contribution in [3.8, 4) is 17.2 Å². The second-order valence-corrected chi connectivity index (χ2v) is 6.07. The Labute approximate surface area is 157 Å². The van der Waals surface area contributed by atoms with Crippen molar-refractivity contribution in [1.29, 1.82) is 0 Å². The number of hydrogen-bond acceptors (Lipinski definition) is 3. The number of carbonyl (C=O) groups excluding carboxylic acids is 1. The summed E-state index contributed by atoms with van der Waals surface area (Å²) in [4.78, 5) is 12.5. The summed E-state index contributed by atoms with van der Waals surface area (Å²) in [7, 11) is 3.13. The Morgan fingerprint density at radius 2 is 1.85 bits per heavy atom. The molecule has 1 amide bonds. The van der Waals surface area contributed by atoms with Crippen LogP contribution in [0.1, 0.15) is 5.69 Å². The molecule has 0 saturated heterocycles. The summed E-state index contributed by atoms with van der Waals surface area (Å²) < 4.78 is 12.5. The molecule has 0 aliphatic rings. The van der Waals surface area contributed by atoms with E-state index in [-0.39, 0.29) is 12.3 Å². The van der Waals surface area contributed by atoms with Gasteiger partial charge in [-0.15, -0.1) is 0 Å². The second kappa shape index (κ2) is 7.97. The number of carbonyl (C=O) groups is 1. The first-order valence-electron chi connectivity index (χ1n) is 8.05. The molecule has 3 rings (SSSR count). The molecule has 5 nitrogen and oxygen atoms in total. The molecule has 0 unspecified atom stereocenters. The number of hydrogen-bond donors (Lipinski definition) is 1. The number of benzene rings is 2. The number of anilines is 1. The first-order chi connectivity index (χ1) is 12.6. The maximum absolute atomic E-state index is 12.5. The predicted molar refractivity (Wildman–Crippen MR) is 103 cm³/mol. The molecule has 0 spiro atoms. The molecule has 134 valence electrons. The summed E-state index contributed by atoms with van der Waals surface area (Å²) in [6.45, 7) is 0. The molecule has 0 bridgehead atoms. The van der Waals surface area contributed by atoms with Crippen molar-refractivity contribution in [2.75, 3.05) is 19.5 Å². The van der Waals surface area contributed by atoms with Crippen molar-refractivity contribution in [3.63, 3.8) is 0 Å². The normalized spacial score (nSPS) is 10.4. The minimum Gasteiger partial charge on any atom is -0.497 e. The van der Waals surface area contributed by atoms with Gasteiger partial charge in [0.05, 0.1) is 26.3 Å². The Kier molecular flexibility index (Phi) is 5.49. The van der Waals surface area contributed by atoms with Crippen LogP contribution in [-0.2, 0) is 11.2 Å². The molecule has 0 saturated carbocycles. The summed E-state index contributed by atoms with van der Waals surface area (Å²) in [5.41, 5.74) is 2.38. The average Bonchev–Trinajstić information content (AvgIpc) is 3.10. The molecule has 6 heteroatoms. The van der Waals surface area contributed by atoms with Gasteiger partial charge in [-0.05, 0) is 48.5 Å². The molecule has 1 aromatic heterocycles. The Hall–Kier alpha value is -2.92. The molecule has 1 heterocycles. The Morgan fingerprint density at radius 3 is 2.54 bits per heavy atom. The van der Waals surface area contributed by atoms with Gasteiger partial charge in [0.15, 0.2) is 0 Å². The van der Waals surface area contributed by atoms with Crippen molar-refractivity contribution >= 4 is 23.2 Å². The molecule has 1 N–H and O–H groups in total. The third kappa shape index (κ3) is 4.00. The highest BCUT2D eigenvalue weighted by molar-refractivity contribution is 6.30. The van der Waals surface area contributed by atoms with Gasteiger partial charge in [0, 0.05) is 28.7 Å². The smallest absolute Gasteiger partial charge is 0.230 e. The van der Waals surface area contributed by atoms with E-state index in [0.29, 0.717) is 22.2 Å². The van der Waals surface area contributed by atoms with E-state index in [2.05, 4.69) is 5.32 Å². The Morgan fingerprint density at radius 1 is 1.08 bits per heavy atom. The van der Waals surface area contributed by atoms with E-state index in [0.717, 1.165) is 11.4 Å². The predicted octanol–water partition coefficient (Wildman–Crippen LogP) is 4.33. The van der Waals surface area contributed by atoms with Gasteiger partial charge in [-0.2, -0.15) is 0 Å². The summed E-state index contributed by atoms with van der Waals surface area (Å²) in [5, 5.41) is 3.56. The van der Waals surface area contributed by atoms with Crippen molar-refractivity contribution in [3.05, 3.63) is 71.5 Å². The molecule has 0 fully saturated rings. The van der Waals surface area contributed by atoms with Crippen LogP contribution in [0.3, 0.4) is 0 Å². The van der Waals surface area contributed by atoms with Crippen molar-refractivity contribution in [2.45, 2.75) is 6.42 Å². The van der Waals surface area contributed by atoms with Crippen LogP contribution >= 0.6 is 11.6 Å². The van der Waals surface area contributed by atoms with Gasteiger partial charge in [-0.25, -0.2) is 0 Å². The fourth-order valence-electron chi connectivity index (χ4n) is 2.68. The second-order valence-electron chi connectivity index (χ2n) is 5.64. The van der Waals surface area contributed by atoms with E-state index in [9.17, 15) is 4.79 Å². The maximum atomic E-state index is 12.5. The van der Waals surface area contributed by atoms with Gasteiger partial charge in [0.25, 0.3) is 0 Å². The first kappa shape index (κ1) is 17.9. The molecule has 0 aliphatic heterocycles. The molecule has 3 aromatic rings. The van der Waals surface area contributed by atoms with E-state index < -0.39 is 0 Å². The number of methoxy groups -OCH3 is 2. The minimum atomic E-state index is -0.148. The van der Waals surface area contributed by atoms with Gasteiger partial charge >= 0.3 is 0 Å². The highest BCUT2D eigenvalue weighted by atomic mass is 35.5. The van der Waals surface area contributed by atoms with Crippen LogP contribution < -0.4 is 14.8 Å². The number of nitrogens with one attached hydrogen (secondary N) is 1. The molecule has 0 atom stereocenters. The Balaban J connectivity index is 1.78. The largest absolute Gasteiger partial charge is 0.497 e. The van der Waals surface area contributed by atoms with Crippen LogP contribution in [-0.4, -0.2) is 24.7 Å². The number of rotatable bonds is 6. The monoisotopic (exact) mass is 370 g/mol. The molecule has 0 aliphatic carbocycles. The molecular weight excluding hydrogens is 352 g/mol. The zero-order valence-electron chi connectivity index (χ0n) is 14.5. The number of aromatic nitrogens is 1. The average molecular weight is 371 g/mol. The van der Waals surface area contributed by atoms with Crippen LogP contribution in [0.2, 0.25) is 5.02 Å². The van der Waals surface area contributed by atoms with Gasteiger partial charge in [-0.1, -0.05) is 11.6 Å². The van der Waals surface area contributed by atoms with Crippen molar-refractivity contribution in [1.82, 2.24) is 4.57 Å². The zero-order chi connectivity index (χ0) is 18.5. The lowest BCUT2D eigenvalue weighted by Gasteiger charge is -2.13. The number of ether oxygens (including phenoxy) is 2. The van der Waals surface area contributed by atoms with Gasteiger partial charge in [0.2, 0.25) is 5.91 Å². The highest BCUT2D eigenvalue weighted by Gasteiger charge is 2.12. The lowest BCUT2D eigenvalue weighted by molar-refractivity contribution is -0.115. The quantitative estimate of drug-likeness (QED) is 0.702. The summed E-state index contributed by atoms with van der Waals surface area (Å²) in [6.07, 6.45) is 2.13. The van der Waals surface area contributed by atoms with Crippen LogP contribution in [0.5, 0.6) is 11.5 Å². The van der Waals surface area contributed by atoms with E-state index in [1.165, 1.54) is 0 Å². The third-order valence-corrected chi connectivity index (χ3v) is 4.21. The van der Waals surface area contributed by atoms with Crippen LogP contribution in [0, 0.1) is 0 Å². The fourth-order valence-corrected chi connectivity index (χ4v) is 2.81. The van der Waals surface area contributed by atoms with Crippen molar-refractivity contribution in [2.24, 2.45) is 0 Å². The number of nitrogens with zero attached hydrogens (tertiary/aromatic N) is 1. The third-order valence-electron chi connectivity index (χ3n) is 3.96. The molecule has 26 heavy (non-hydrogen) atoms. The standard InChI is InChI=1S/C20H19ClN2O3/c1-25-17-9-10-19(26-2)18(13-17)22-20(24)12-16-4-3-11-23(16)15-7-5-14(21)6-8-15/h3-11,13H,12H2,1-2H3,(H,22,24). The number of amides is 1. The van der Waals surface area contributed by atoms with Gasteiger partial charge < -0.3 is 19.4 Å². The summed E-state index contributed by atoms with van der Waals surface area (Å²) in [6, 6.07) is 16.5. The van der Waals surface area contributed by atoms with Crippen LogP contribution in [0.4, 0.5) is 5.69 Å². The molecule has 0 radical (unpaired) electrons. The fraction of sp³-hybridized carbons (Fsp3) is 0.150. The summed E-state index contributed by atoms with van der Waals surface area (Å²) in [5.74, 6) is 1.07.